The molecule has 1 aromatic rings. The van der Waals surface area contributed by atoms with Crippen LogP contribution in [0.25, 0.3) is 0 Å². The van der Waals surface area contributed by atoms with Crippen molar-refractivity contribution in [2.45, 2.75) is 19.9 Å². The highest BCUT2D eigenvalue weighted by molar-refractivity contribution is 6.32. The van der Waals surface area contributed by atoms with Crippen molar-refractivity contribution in [2.75, 3.05) is 17.3 Å². The van der Waals surface area contributed by atoms with Crippen LogP contribution < -0.4 is 21.9 Å². The number of nitrogens with zero attached hydrogens (tertiary/aromatic N) is 2. The third kappa shape index (κ3) is 4.41. The van der Waals surface area contributed by atoms with Gasteiger partial charge in [0, 0.05) is 6.04 Å². The number of anilines is 2. The van der Waals surface area contributed by atoms with E-state index in [1.165, 1.54) is 6.20 Å². The van der Waals surface area contributed by atoms with E-state index in [9.17, 15) is 4.79 Å². The second-order valence-corrected chi connectivity index (χ2v) is 4.02. The summed E-state index contributed by atoms with van der Waals surface area (Å²) < 4.78 is 0. The molecule has 0 bridgehead atoms. The molecule has 0 aliphatic carbocycles. The zero-order valence-electron chi connectivity index (χ0n) is 9.62. The number of amides is 1. The van der Waals surface area contributed by atoms with Crippen LogP contribution in [0.15, 0.2) is 6.20 Å². The molecule has 1 aromatic heterocycles. The van der Waals surface area contributed by atoms with Crippen LogP contribution in [0.5, 0.6) is 0 Å². The van der Waals surface area contributed by atoms with Crippen molar-refractivity contribution in [1.82, 2.24) is 15.3 Å². The molecule has 0 saturated heterocycles. The van der Waals surface area contributed by atoms with E-state index in [-0.39, 0.29) is 24.4 Å². The molecular formula is C9H15ClN6O. The van der Waals surface area contributed by atoms with Gasteiger partial charge in [-0.2, -0.15) is 4.98 Å². The highest BCUT2D eigenvalue weighted by atomic mass is 35.5. The van der Waals surface area contributed by atoms with E-state index in [2.05, 4.69) is 26.0 Å². The standard InChI is InChI=1S/C9H15ClN6O/c1-5(2)14-7(17)4-12-8-6(10)3-13-9(15-8)16-11/h3,5H,4,11H2,1-2H3,(H,14,17)(H2,12,13,15,16). The fourth-order valence-electron chi connectivity index (χ4n) is 1.10. The number of nitrogen functional groups attached to an aromatic ring is 1. The first kappa shape index (κ1) is 13.5. The molecule has 17 heavy (non-hydrogen) atoms. The van der Waals surface area contributed by atoms with Crippen LogP contribution in [-0.2, 0) is 4.79 Å². The zero-order chi connectivity index (χ0) is 12.8. The lowest BCUT2D eigenvalue weighted by Gasteiger charge is -2.10. The summed E-state index contributed by atoms with van der Waals surface area (Å²) in [7, 11) is 0. The first-order valence-corrected chi connectivity index (χ1v) is 5.43. The van der Waals surface area contributed by atoms with Crippen LogP contribution in [-0.4, -0.2) is 28.5 Å². The Balaban J connectivity index is 2.59. The Labute approximate surface area is 104 Å². The van der Waals surface area contributed by atoms with Crippen LogP contribution in [0.1, 0.15) is 13.8 Å². The minimum atomic E-state index is -0.142. The zero-order valence-corrected chi connectivity index (χ0v) is 10.4. The van der Waals surface area contributed by atoms with E-state index in [4.69, 9.17) is 17.4 Å². The third-order valence-corrected chi connectivity index (χ3v) is 2.02. The summed E-state index contributed by atoms with van der Waals surface area (Å²) in [6.07, 6.45) is 1.40. The number of hydrazine groups is 1. The number of halogens is 1. The summed E-state index contributed by atoms with van der Waals surface area (Å²) >= 11 is 5.85. The van der Waals surface area contributed by atoms with Gasteiger partial charge in [-0.1, -0.05) is 11.6 Å². The van der Waals surface area contributed by atoms with Gasteiger partial charge in [-0.3, -0.25) is 10.2 Å². The van der Waals surface area contributed by atoms with Crippen LogP contribution in [0.2, 0.25) is 5.02 Å². The molecule has 7 nitrogen and oxygen atoms in total. The van der Waals surface area contributed by atoms with Gasteiger partial charge in [0.25, 0.3) is 0 Å². The molecule has 0 aliphatic heterocycles. The van der Waals surface area contributed by atoms with Gasteiger partial charge < -0.3 is 10.6 Å². The molecule has 0 unspecified atom stereocenters. The first-order chi connectivity index (χ1) is 8.02. The molecule has 0 aromatic carbocycles. The lowest BCUT2D eigenvalue weighted by Crippen LogP contribution is -2.35. The Morgan fingerprint density at radius 2 is 2.29 bits per heavy atom. The highest BCUT2D eigenvalue weighted by Crippen LogP contribution is 2.18. The number of rotatable bonds is 5. The number of aromatic nitrogens is 2. The average Bonchev–Trinajstić information content (AvgIpc) is 2.27. The Hall–Kier alpha value is -1.60. The normalized spacial score (nSPS) is 10.2. The predicted octanol–water partition coefficient (Wildman–Crippen LogP) is 0.352. The maximum Gasteiger partial charge on any atom is 0.239 e. The summed E-state index contributed by atoms with van der Waals surface area (Å²) in [5.41, 5.74) is 2.29. The lowest BCUT2D eigenvalue weighted by atomic mass is 10.4. The van der Waals surface area contributed by atoms with Crippen LogP contribution in [0.4, 0.5) is 11.8 Å². The van der Waals surface area contributed by atoms with Crippen molar-refractivity contribution in [1.29, 1.82) is 0 Å². The van der Waals surface area contributed by atoms with Gasteiger partial charge in [-0.25, -0.2) is 10.8 Å². The van der Waals surface area contributed by atoms with Crippen molar-refractivity contribution >= 4 is 29.3 Å². The average molecular weight is 259 g/mol. The molecule has 8 heteroatoms. The molecule has 5 N–H and O–H groups in total. The molecule has 0 spiro atoms. The number of nitrogens with two attached hydrogens (primary N) is 1. The summed E-state index contributed by atoms with van der Waals surface area (Å²) in [5.74, 6) is 5.60. The summed E-state index contributed by atoms with van der Waals surface area (Å²) in [4.78, 5) is 19.2. The minimum absolute atomic E-state index is 0.0823. The van der Waals surface area contributed by atoms with E-state index in [1.54, 1.807) is 0 Å². The van der Waals surface area contributed by atoms with E-state index in [0.29, 0.717) is 10.8 Å². The van der Waals surface area contributed by atoms with E-state index >= 15 is 0 Å². The van der Waals surface area contributed by atoms with Gasteiger partial charge in [-0.05, 0) is 13.8 Å². The van der Waals surface area contributed by atoms with Crippen molar-refractivity contribution in [3.05, 3.63) is 11.2 Å². The highest BCUT2D eigenvalue weighted by Gasteiger charge is 2.07. The van der Waals surface area contributed by atoms with Gasteiger partial charge in [0.2, 0.25) is 11.9 Å². The van der Waals surface area contributed by atoms with E-state index in [1.807, 2.05) is 13.8 Å². The smallest absolute Gasteiger partial charge is 0.239 e. The maximum absolute atomic E-state index is 11.4. The Morgan fingerprint density at radius 1 is 1.59 bits per heavy atom. The molecule has 1 heterocycles. The number of carbonyl (C=O) groups is 1. The summed E-state index contributed by atoms with van der Waals surface area (Å²) in [5, 5.41) is 5.86. The van der Waals surface area contributed by atoms with E-state index in [0.717, 1.165) is 0 Å². The van der Waals surface area contributed by atoms with E-state index < -0.39 is 0 Å². The number of hydrogen-bond acceptors (Lipinski definition) is 6. The van der Waals surface area contributed by atoms with Gasteiger partial charge in [0.1, 0.15) is 5.02 Å². The summed E-state index contributed by atoms with van der Waals surface area (Å²) in [6.45, 7) is 3.84. The predicted molar refractivity (Wildman–Crippen MR) is 66.6 cm³/mol. The molecule has 0 radical (unpaired) electrons. The monoisotopic (exact) mass is 258 g/mol. The van der Waals surface area contributed by atoms with Crippen molar-refractivity contribution in [3.8, 4) is 0 Å². The molecular weight excluding hydrogens is 244 g/mol. The molecule has 0 saturated carbocycles. The summed E-state index contributed by atoms with van der Waals surface area (Å²) in [6, 6.07) is 0.0893. The first-order valence-electron chi connectivity index (χ1n) is 5.05. The second-order valence-electron chi connectivity index (χ2n) is 3.61. The van der Waals surface area contributed by atoms with Gasteiger partial charge in [-0.15, -0.1) is 0 Å². The molecule has 0 aliphatic rings. The third-order valence-electron chi connectivity index (χ3n) is 1.74. The van der Waals surface area contributed by atoms with Crippen molar-refractivity contribution < 1.29 is 4.79 Å². The van der Waals surface area contributed by atoms with Crippen LogP contribution in [0, 0.1) is 0 Å². The van der Waals surface area contributed by atoms with Crippen LogP contribution in [0.3, 0.4) is 0 Å². The Bertz CT molecular complexity index is 397. The number of nitrogens with one attached hydrogen (secondary N) is 3. The minimum Gasteiger partial charge on any atom is -0.360 e. The quantitative estimate of drug-likeness (QED) is 0.449. The Kier molecular flexibility index (Phi) is 4.92. The molecule has 0 atom stereocenters. The number of carbonyl (C=O) groups excluding carboxylic acids is 1. The largest absolute Gasteiger partial charge is 0.360 e. The molecule has 1 amide bonds. The SMILES string of the molecule is CC(C)NC(=O)CNc1nc(NN)ncc1Cl. The van der Waals surface area contributed by atoms with Gasteiger partial charge >= 0.3 is 0 Å². The number of hydrogen-bond donors (Lipinski definition) is 4. The van der Waals surface area contributed by atoms with Gasteiger partial charge in [0.05, 0.1) is 12.7 Å². The van der Waals surface area contributed by atoms with Gasteiger partial charge in [0.15, 0.2) is 5.82 Å². The van der Waals surface area contributed by atoms with Crippen molar-refractivity contribution in [2.24, 2.45) is 5.84 Å². The lowest BCUT2D eigenvalue weighted by molar-refractivity contribution is -0.119. The Morgan fingerprint density at radius 3 is 2.88 bits per heavy atom. The van der Waals surface area contributed by atoms with Crippen LogP contribution >= 0.6 is 11.6 Å². The topological polar surface area (TPSA) is 105 Å². The molecule has 0 fully saturated rings. The molecule has 94 valence electrons. The fraction of sp³-hybridized carbons (Fsp3) is 0.444. The van der Waals surface area contributed by atoms with Crippen molar-refractivity contribution in [3.63, 3.8) is 0 Å². The fourth-order valence-corrected chi connectivity index (χ4v) is 1.26. The maximum atomic E-state index is 11.4. The second kappa shape index (κ2) is 6.21. The molecule has 1 rings (SSSR count).